The Morgan fingerprint density at radius 2 is 1.76 bits per heavy atom. The minimum Gasteiger partial charge on any atom is -0.493 e. The van der Waals surface area contributed by atoms with E-state index >= 15 is 0 Å². The van der Waals surface area contributed by atoms with Gasteiger partial charge in [0.2, 0.25) is 0 Å². The zero-order valence-corrected chi connectivity index (χ0v) is 20.0. The Morgan fingerprint density at radius 3 is 2.47 bits per heavy atom. The van der Waals surface area contributed by atoms with Gasteiger partial charge in [0.1, 0.15) is 18.2 Å². The van der Waals surface area contributed by atoms with Crippen molar-refractivity contribution in [2.75, 3.05) is 32.2 Å². The van der Waals surface area contributed by atoms with E-state index in [0.717, 1.165) is 48.2 Å². The van der Waals surface area contributed by atoms with Gasteiger partial charge in [-0.2, -0.15) is 0 Å². The number of rotatable bonds is 6. The van der Waals surface area contributed by atoms with E-state index in [-0.39, 0.29) is 18.0 Å². The molecule has 1 unspecified atom stereocenters. The lowest BCUT2D eigenvalue weighted by Gasteiger charge is -2.37. The lowest BCUT2D eigenvalue weighted by atomic mass is 10.0. The molecule has 1 amide bonds. The van der Waals surface area contributed by atoms with Crippen molar-refractivity contribution in [2.45, 2.75) is 31.3 Å². The molecule has 1 N–H and O–H groups in total. The first-order chi connectivity index (χ1) is 16.6. The molecular formula is C25H27N5O3S. The van der Waals surface area contributed by atoms with Gasteiger partial charge in [0.15, 0.2) is 16.6 Å². The zero-order chi connectivity index (χ0) is 23.7. The van der Waals surface area contributed by atoms with Gasteiger partial charge in [-0.05, 0) is 36.7 Å². The third-order valence-corrected chi connectivity index (χ3v) is 6.90. The number of anilines is 1. The number of piperidine rings is 1. The minimum atomic E-state index is -0.304. The molecule has 2 aliphatic heterocycles. The molecule has 2 aromatic carbocycles. The summed E-state index contributed by atoms with van der Waals surface area (Å²) in [5.74, 6) is 2.21. The van der Waals surface area contributed by atoms with E-state index in [1.807, 2.05) is 42.5 Å². The first-order valence-electron chi connectivity index (χ1n) is 11.4. The van der Waals surface area contributed by atoms with Gasteiger partial charge < -0.3 is 19.7 Å². The monoisotopic (exact) mass is 477 g/mol. The molecule has 1 aromatic heterocycles. The van der Waals surface area contributed by atoms with Crippen LogP contribution in [0.4, 0.5) is 5.82 Å². The summed E-state index contributed by atoms with van der Waals surface area (Å²) in [7, 11) is 3.23. The van der Waals surface area contributed by atoms with Crippen LogP contribution in [0, 0.1) is 0 Å². The number of benzene rings is 2. The normalized spacial score (nSPS) is 18.9. The molecule has 5 rings (SSSR count). The van der Waals surface area contributed by atoms with Gasteiger partial charge >= 0.3 is 0 Å². The number of aromatic nitrogens is 2. The van der Waals surface area contributed by atoms with Gasteiger partial charge in [-0.3, -0.25) is 9.69 Å². The van der Waals surface area contributed by atoms with E-state index in [2.05, 4.69) is 20.2 Å². The molecule has 9 heteroatoms. The molecule has 0 spiro atoms. The lowest BCUT2D eigenvalue weighted by molar-refractivity contribution is -0.128. The maximum Gasteiger partial charge on any atom is 0.251 e. The number of carbonyl (C=O) groups is 1. The lowest BCUT2D eigenvalue weighted by Crippen LogP contribution is -2.48. The highest BCUT2D eigenvalue weighted by Gasteiger charge is 2.40. The molecule has 0 saturated carbocycles. The maximum absolute atomic E-state index is 13.2. The molecule has 0 radical (unpaired) electrons. The van der Waals surface area contributed by atoms with Gasteiger partial charge in [0.25, 0.3) is 5.91 Å². The van der Waals surface area contributed by atoms with Crippen LogP contribution < -0.4 is 19.7 Å². The summed E-state index contributed by atoms with van der Waals surface area (Å²) in [5.41, 5.74) is 1.92. The number of amides is 1. The summed E-state index contributed by atoms with van der Waals surface area (Å²) < 4.78 is 10.9. The summed E-state index contributed by atoms with van der Waals surface area (Å²) >= 11 is 5.56. The molecule has 3 heterocycles. The largest absolute Gasteiger partial charge is 0.493 e. The van der Waals surface area contributed by atoms with E-state index in [1.165, 1.54) is 0 Å². The smallest absolute Gasteiger partial charge is 0.251 e. The topological polar surface area (TPSA) is 79.8 Å². The summed E-state index contributed by atoms with van der Waals surface area (Å²) in [6.07, 6.45) is 3.83. The van der Waals surface area contributed by atoms with E-state index < -0.39 is 0 Å². The van der Waals surface area contributed by atoms with Crippen molar-refractivity contribution >= 4 is 40.0 Å². The number of fused-ring (bicyclic) bond motifs is 1. The highest BCUT2D eigenvalue weighted by Crippen LogP contribution is 2.35. The predicted octanol–water partition coefficient (Wildman–Crippen LogP) is 2.94. The van der Waals surface area contributed by atoms with E-state index in [4.69, 9.17) is 21.7 Å². The summed E-state index contributed by atoms with van der Waals surface area (Å²) in [6.45, 7) is 1.53. The van der Waals surface area contributed by atoms with E-state index in [0.29, 0.717) is 23.0 Å². The quantitative estimate of drug-likeness (QED) is 0.543. The van der Waals surface area contributed by atoms with Crippen molar-refractivity contribution in [3.05, 3.63) is 54.4 Å². The zero-order valence-electron chi connectivity index (χ0n) is 19.2. The Bertz CT molecular complexity index is 1210. The molecule has 2 fully saturated rings. The van der Waals surface area contributed by atoms with E-state index in [1.54, 1.807) is 25.4 Å². The Balaban J connectivity index is 1.30. The molecule has 3 aromatic rings. The third kappa shape index (κ3) is 4.11. The SMILES string of the molecule is COc1cc2ncnc(N3CCC(N4C(=O)C(Cc5ccccc5)NC4=S)CC3)c2cc1OC. The Morgan fingerprint density at radius 1 is 1.06 bits per heavy atom. The standard InChI is InChI=1S/C25H27N5O3S/c1-32-21-13-18-19(14-22(21)33-2)26-15-27-23(18)29-10-8-17(9-11-29)30-24(31)20(28-25(30)34)12-16-6-4-3-5-7-16/h3-7,13-15,17,20H,8-12H2,1-2H3,(H,28,34). The van der Waals surface area contributed by atoms with Crippen molar-refractivity contribution < 1.29 is 14.3 Å². The molecule has 2 saturated heterocycles. The highest BCUT2D eigenvalue weighted by molar-refractivity contribution is 7.80. The van der Waals surface area contributed by atoms with Gasteiger partial charge in [-0.1, -0.05) is 30.3 Å². The molecular weight excluding hydrogens is 450 g/mol. The van der Waals surface area contributed by atoms with Crippen molar-refractivity contribution in [1.29, 1.82) is 0 Å². The second kappa shape index (κ2) is 9.42. The molecule has 0 bridgehead atoms. The van der Waals surface area contributed by atoms with E-state index in [9.17, 15) is 4.79 Å². The van der Waals surface area contributed by atoms with Crippen LogP contribution in [-0.2, 0) is 11.2 Å². The number of hydrogen-bond donors (Lipinski definition) is 1. The van der Waals surface area contributed by atoms with Crippen LogP contribution in [-0.4, -0.2) is 65.3 Å². The Labute approximate surface area is 203 Å². The predicted molar refractivity (Wildman–Crippen MR) is 134 cm³/mol. The molecule has 1 atom stereocenters. The van der Waals surface area contributed by atoms with Crippen LogP contribution in [0.2, 0.25) is 0 Å². The second-order valence-corrected chi connectivity index (χ2v) is 8.93. The number of thiocarbonyl (C=S) groups is 1. The number of methoxy groups -OCH3 is 2. The molecule has 34 heavy (non-hydrogen) atoms. The van der Waals surface area contributed by atoms with Crippen LogP contribution in [0.3, 0.4) is 0 Å². The van der Waals surface area contributed by atoms with Gasteiger partial charge in [-0.15, -0.1) is 0 Å². The fourth-order valence-electron chi connectivity index (χ4n) is 4.84. The number of hydrogen-bond acceptors (Lipinski definition) is 7. The van der Waals surface area contributed by atoms with Crippen LogP contribution in [0.1, 0.15) is 18.4 Å². The van der Waals surface area contributed by atoms with Crippen LogP contribution in [0.15, 0.2) is 48.8 Å². The fraction of sp³-hybridized carbons (Fsp3) is 0.360. The van der Waals surface area contributed by atoms with Gasteiger partial charge in [0.05, 0.1) is 19.7 Å². The van der Waals surface area contributed by atoms with Crippen molar-refractivity contribution in [3.63, 3.8) is 0 Å². The van der Waals surface area contributed by atoms with Crippen molar-refractivity contribution in [3.8, 4) is 11.5 Å². The number of nitrogens with zero attached hydrogens (tertiary/aromatic N) is 4. The molecule has 176 valence electrons. The molecule has 0 aliphatic carbocycles. The summed E-state index contributed by atoms with van der Waals surface area (Å²) in [4.78, 5) is 26.2. The molecule has 8 nitrogen and oxygen atoms in total. The van der Waals surface area contributed by atoms with Crippen molar-refractivity contribution in [2.24, 2.45) is 0 Å². The highest BCUT2D eigenvalue weighted by atomic mass is 32.1. The Kier molecular flexibility index (Phi) is 6.19. The first-order valence-corrected chi connectivity index (χ1v) is 11.8. The Hall–Kier alpha value is -3.46. The molecule has 2 aliphatic rings. The van der Waals surface area contributed by atoms with Gasteiger partial charge in [-0.25, -0.2) is 9.97 Å². The third-order valence-electron chi connectivity index (χ3n) is 6.58. The van der Waals surface area contributed by atoms with Crippen LogP contribution in [0.5, 0.6) is 11.5 Å². The number of carbonyl (C=O) groups excluding carboxylic acids is 1. The van der Waals surface area contributed by atoms with Gasteiger partial charge in [0, 0.05) is 37.0 Å². The number of nitrogens with one attached hydrogen (secondary N) is 1. The average molecular weight is 478 g/mol. The maximum atomic E-state index is 13.2. The van der Waals surface area contributed by atoms with Crippen molar-refractivity contribution in [1.82, 2.24) is 20.2 Å². The van der Waals surface area contributed by atoms with Crippen LogP contribution >= 0.6 is 12.2 Å². The minimum absolute atomic E-state index is 0.0663. The van der Waals surface area contributed by atoms with Crippen LogP contribution in [0.25, 0.3) is 10.9 Å². The summed E-state index contributed by atoms with van der Waals surface area (Å²) in [5, 5.41) is 4.69. The fourth-order valence-corrected chi connectivity index (χ4v) is 5.22. The first kappa shape index (κ1) is 22.3. The summed E-state index contributed by atoms with van der Waals surface area (Å²) in [6, 6.07) is 13.6. The average Bonchev–Trinajstić information content (AvgIpc) is 3.15. The second-order valence-electron chi connectivity index (χ2n) is 8.54. The number of ether oxygens (including phenoxy) is 2.